The standard InChI is InChI=1S/C39H56N4O11S2/c1-6-42(7-2)29-10-13-32-35(26-29)54-36-27-30(43(8-3)9-4)11-14-33(36)39(32)34-15-12-31(28-37(34)56(47,48)49)55(45,46)41-17-19-51-21-23-53-25-24-52-22-20-50-18-16-38(44)40-5/h10-15,26-29,41H,6-9,16-25H2,1-5H3,(H,40,44)(H,47,48,49). The summed E-state index contributed by atoms with van der Waals surface area (Å²) in [5.74, 6) is 0.973. The topological polar surface area (TPSA) is 182 Å². The molecule has 15 nitrogen and oxygen atoms in total. The van der Waals surface area contributed by atoms with Gasteiger partial charge in [-0.15, -0.1) is 0 Å². The van der Waals surface area contributed by atoms with Gasteiger partial charge in [0, 0.05) is 67.1 Å². The van der Waals surface area contributed by atoms with Crippen LogP contribution in [-0.4, -0.2) is 131 Å². The number of hydrogen-bond donors (Lipinski definition) is 3. The van der Waals surface area contributed by atoms with Crippen molar-refractivity contribution in [1.82, 2.24) is 14.9 Å². The number of nitrogens with one attached hydrogen (secondary N) is 2. The molecule has 3 N–H and O–H groups in total. The number of ether oxygens (including phenoxy) is 5. The van der Waals surface area contributed by atoms with Crippen LogP contribution in [0.1, 0.15) is 45.2 Å². The number of rotatable bonds is 25. The number of sulfonamides is 1. The van der Waals surface area contributed by atoms with Crippen molar-refractivity contribution in [2.45, 2.75) is 49.9 Å². The van der Waals surface area contributed by atoms with Gasteiger partial charge in [0.25, 0.3) is 10.1 Å². The number of amides is 1. The number of fused-ring (bicyclic) bond motifs is 2. The molecule has 0 aromatic heterocycles. The van der Waals surface area contributed by atoms with Gasteiger partial charge in [-0.25, -0.2) is 13.1 Å². The number of hydrogen-bond acceptors (Lipinski definition) is 12. The Morgan fingerprint density at radius 1 is 0.804 bits per heavy atom. The van der Waals surface area contributed by atoms with Crippen molar-refractivity contribution in [3.8, 4) is 5.75 Å². The summed E-state index contributed by atoms with van der Waals surface area (Å²) in [5, 5.41) is 2.52. The van der Waals surface area contributed by atoms with E-state index < -0.39 is 25.0 Å². The predicted octanol–water partition coefficient (Wildman–Crippen LogP) is 3.62. The molecule has 1 atom stereocenters. The molecule has 1 unspecified atom stereocenters. The molecule has 0 radical (unpaired) electrons. The van der Waals surface area contributed by atoms with Crippen LogP contribution in [0.2, 0.25) is 0 Å². The number of nitrogens with zero attached hydrogens (tertiary/aromatic N) is 2. The molecule has 1 aliphatic carbocycles. The Bertz CT molecular complexity index is 1940. The SMILES string of the molecule is CCN(CC)c1ccc2c(c1)OC1=CC(N(CC)CC)C=CC1=C2c1ccc(S(=O)(=O)NCCOCCOCCOCCOCCC(=O)NC)cc1S(=O)(=O)O. The zero-order chi connectivity index (χ0) is 40.7. The third-order valence-electron chi connectivity index (χ3n) is 9.35. The molecule has 0 bridgehead atoms. The molecule has 0 saturated carbocycles. The highest BCUT2D eigenvalue weighted by Crippen LogP contribution is 2.46. The first-order chi connectivity index (χ1) is 26.9. The Morgan fingerprint density at radius 2 is 1.41 bits per heavy atom. The highest BCUT2D eigenvalue weighted by molar-refractivity contribution is 7.89. The van der Waals surface area contributed by atoms with Crippen LogP contribution in [0.4, 0.5) is 5.69 Å². The average molecular weight is 821 g/mol. The minimum atomic E-state index is -4.92. The third kappa shape index (κ3) is 12.2. The summed E-state index contributed by atoms with van der Waals surface area (Å²) in [6.45, 7) is 13.6. The van der Waals surface area contributed by atoms with Gasteiger partial charge in [0.05, 0.1) is 63.8 Å². The average Bonchev–Trinajstić information content (AvgIpc) is 3.18. The third-order valence-corrected chi connectivity index (χ3v) is 11.7. The van der Waals surface area contributed by atoms with Gasteiger partial charge < -0.3 is 33.9 Å². The molecule has 17 heteroatoms. The number of carbonyl (C=O) groups excluding carboxylic acids is 1. The normalized spacial score (nSPS) is 15.3. The molecule has 0 spiro atoms. The number of benzene rings is 2. The van der Waals surface area contributed by atoms with Crippen LogP contribution >= 0.6 is 0 Å². The van der Waals surface area contributed by atoms with Crippen LogP contribution in [0, 0.1) is 0 Å². The Kier molecular flexibility index (Phi) is 17.5. The molecule has 2 aromatic carbocycles. The van der Waals surface area contributed by atoms with E-state index in [9.17, 15) is 26.2 Å². The van der Waals surface area contributed by atoms with E-state index in [1.165, 1.54) is 12.1 Å². The van der Waals surface area contributed by atoms with Crippen molar-refractivity contribution < 1.29 is 49.9 Å². The highest BCUT2D eigenvalue weighted by atomic mass is 32.2. The fraction of sp³-hybridized carbons (Fsp3) is 0.513. The van der Waals surface area contributed by atoms with Gasteiger partial charge in [-0.05, 0) is 57.3 Å². The van der Waals surface area contributed by atoms with Gasteiger partial charge in [0.1, 0.15) is 16.4 Å². The van der Waals surface area contributed by atoms with Crippen LogP contribution in [-0.2, 0) is 43.9 Å². The molecule has 2 aromatic rings. The zero-order valence-corrected chi connectivity index (χ0v) is 34.5. The summed E-state index contributed by atoms with van der Waals surface area (Å²) >= 11 is 0. The summed E-state index contributed by atoms with van der Waals surface area (Å²) in [4.78, 5) is 14.7. The minimum absolute atomic E-state index is 0.0359. The molecular weight excluding hydrogens is 765 g/mol. The second-order valence-corrected chi connectivity index (χ2v) is 15.9. The van der Waals surface area contributed by atoms with Crippen LogP contribution in [0.25, 0.3) is 5.57 Å². The van der Waals surface area contributed by atoms with Crippen molar-refractivity contribution in [1.29, 1.82) is 0 Å². The number of allylic oxidation sites excluding steroid dienone is 1. The highest BCUT2D eigenvalue weighted by Gasteiger charge is 2.32. The smallest absolute Gasteiger partial charge is 0.295 e. The van der Waals surface area contributed by atoms with Crippen molar-refractivity contribution in [3.05, 3.63) is 77.1 Å². The molecule has 4 rings (SSSR count). The van der Waals surface area contributed by atoms with Gasteiger partial charge in [-0.1, -0.05) is 32.1 Å². The Hall–Kier alpha value is -3.65. The summed E-state index contributed by atoms with van der Waals surface area (Å²) in [7, 11) is -7.55. The number of anilines is 1. The molecule has 1 heterocycles. The van der Waals surface area contributed by atoms with E-state index in [-0.39, 0.29) is 48.8 Å². The number of carbonyl (C=O) groups is 1. The second-order valence-electron chi connectivity index (χ2n) is 12.7. The molecular formula is C39H56N4O11S2. The summed E-state index contributed by atoms with van der Waals surface area (Å²) in [6, 6.07) is 9.37. The van der Waals surface area contributed by atoms with Crippen molar-refractivity contribution >= 4 is 37.3 Å². The van der Waals surface area contributed by atoms with Gasteiger partial charge >= 0.3 is 0 Å². The van der Waals surface area contributed by atoms with Crippen molar-refractivity contribution in [3.63, 3.8) is 0 Å². The summed E-state index contributed by atoms with van der Waals surface area (Å²) in [5.41, 5.74) is 2.78. The monoisotopic (exact) mass is 820 g/mol. The Balaban J connectivity index is 1.43. The molecule has 1 amide bonds. The maximum absolute atomic E-state index is 13.3. The molecule has 1 aliphatic heterocycles. The molecule has 2 aliphatic rings. The Morgan fingerprint density at radius 3 is 2.00 bits per heavy atom. The summed E-state index contributed by atoms with van der Waals surface area (Å²) in [6.07, 6.45) is 6.20. The van der Waals surface area contributed by atoms with Crippen LogP contribution in [0.3, 0.4) is 0 Å². The molecule has 0 saturated heterocycles. The fourth-order valence-corrected chi connectivity index (χ4v) is 8.20. The lowest BCUT2D eigenvalue weighted by Gasteiger charge is -2.33. The van der Waals surface area contributed by atoms with E-state index in [0.717, 1.165) is 37.9 Å². The maximum Gasteiger partial charge on any atom is 0.295 e. The van der Waals surface area contributed by atoms with E-state index >= 15 is 0 Å². The van der Waals surface area contributed by atoms with Gasteiger partial charge in [0.2, 0.25) is 15.9 Å². The molecule has 0 fully saturated rings. The van der Waals surface area contributed by atoms with E-state index in [1.54, 1.807) is 7.05 Å². The fourth-order valence-electron chi connectivity index (χ4n) is 6.36. The predicted molar refractivity (Wildman–Crippen MR) is 214 cm³/mol. The molecule has 310 valence electrons. The van der Waals surface area contributed by atoms with Crippen molar-refractivity contribution in [2.75, 3.05) is 97.5 Å². The first-order valence-corrected chi connectivity index (χ1v) is 21.9. The maximum atomic E-state index is 13.3. The first kappa shape index (κ1) is 45.1. The van der Waals surface area contributed by atoms with Crippen LogP contribution in [0.5, 0.6) is 5.75 Å². The second kappa shape index (κ2) is 21.8. The van der Waals surface area contributed by atoms with Gasteiger partial charge in [0.15, 0.2) is 0 Å². The van der Waals surface area contributed by atoms with Gasteiger partial charge in [-0.3, -0.25) is 14.2 Å². The zero-order valence-electron chi connectivity index (χ0n) is 32.9. The largest absolute Gasteiger partial charge is 0.456 e. The van der Waals surface area contributed by atoms with E-state index in [1.807, 2.05) is 36.4 Å². The first-order valence-electron chi connectivity index (χ1n) is 19.0. The number of likely N-dealkylation sites (N-methyl/N-ethyl adjacent to an activating group) is 1. The van der Waals surface area contributed by atoms with E-state index in [4.69, 9.17) is 23.7 Å². The lowest BCUT2D eigenvalue weighted by molar-refractivity contribution is -0.121. The van der Waals surface area contributed by atoms with Crippen LogP contribution < -0.4 is 19.7 Å². The lowest BCUT2D eigenvalue weighted by Crippen LogP contribution is -2.34. The van der Waals surface area contributed by atoms with E-state index in [2.05, 4.69) is 47.5 Å². The lowest BCUT2D eigenvalue weighted by atomic mass is 9.86. The quantitative estimate of drug-likeness (QED) is 0.0977. The van der Waals surface area contributed by atoms with Gasteiger partial charge in [-0.2, -0.15) is 8.42 Å². The Labute approximate surface area is 331 Å². The van der Waals surface area contributed by atoms with Crippen LogP contribution in [0.15, 0.2) is 75.7 Å². The summed E-state index contributed by atoms with van der Waals surface area (Å²) < 4.78 is 93.8. The minimum Gasteiger partial charge on any atom is -0.456 e. The molecule has 56 heavy (non-hydrogen) atoms. The van der Waals surface area contributed by atoms with E-state index in [0.29, 0.717) is 67.7 Å². The van der Waals surface area contributed by atoms with Crippen molar-refractivity contribution in [2.24, 2.45) is 0 Å².